The number of rotatable bonds is 5. The minimum absolute atomic E-state index is 0.0940. The summed E-state index contributed by atoms with van der Waals surface area (Å²) in [5.41, 5.74) is 2.52. The van der Waals surface area contributed by atoms with Gasteiger partial charge < -0.3 is 5.32 Å². The van der Waals surface area contributed by atoms with E-state index in [1.54, 1.807) is 0 Å². The molecule has 0 bridgehead atoms. The van der Waals surface area contributed by atoms with Crippen LogP contribution in [0.4, 0.5) is 8.78 Å². The molecule has 0 saturated heterocycles. The van der Waals surface area contributed by atoms with Crippen LogP contribution in [0.1, 0.15) is 23.6 Å². The predicted molar refractivity (Wildman–Crippen MR) is 72.7 cm³/mol. The summed E-state index contributed by atoms with van der Waals surface area (Å²) in [6.45, 7) is 2.89. The van der Waals surface area contributed by atoms with Crippen molar-refractivity contribution in [3.05, 3.63) is 70.8 Å². The van der Waals surface area contributed by atoms with Gasteiger partial charge in [-0.2, -0.15) is 0 Å². The van der Waals surface area contributed by atoms with Gasteiger partial charge in [-0.3, -0.25) is 0 Å². The van der Waals surface area contributed by atoms with E-state index in [1.165, 1.54) is 29.3 Å². The number of aryl methyl sites for hydroxylation is 1. The van der Waals surface area contributed by atoms with E-state index in [9.17, 15) is 8.78 Å². The smallest absolute Gasteiger partial charge is 0.130 e. The van der Waals surface area contributed by atoms with E-state index in [0.717, 1.165) is 6.42 Å². The summed E-state index contributed by atoms with van der Waals surface area (Å²) >= 11 is 0. The average molecular weight is 261 g/mol. The van der Waals surface area contributed by atoms with E-state index in [0.29, 0.717) is 6.54 Å². The van der Waals surface area contributed by atoms with Gasteiger partial charge in [0.15, 0.2) is 0 Å². The number of hydrogen-bond donors (Lipinski definition) is 1. The molecule has 2 aromatic rings. The van der Waals surface area contributed by atoms with Crippen LogP contribution < -0.4 is 5.32 Å². The van der Waals surface area contributed by atoms with Crippen LogP contribution >= 0.6 is 0 Å². The van der Waals surface area contributed by atoms with Gasteiger partial charge >= 0.3 is 0 Å². The molecular weight excluding hydrogens is 244 g/mol. The van der Waals surface area contributed by atoms with Crippen LogP contribution in [-0.4, -0.2) is 0 Å². The molecule has 2 aromatic carbocycles. The maximum absolute atomic E-state index is 13.4. The minimum atomic E-state index is -0.503. The van der Waals surface area contributed by atoms with Gasteiger partial charge in [-0.1, -0.05) is 37.3 Å². The lowest BCUT2D eigenvalue weighted by Gasteiger charge is -2.10. The van der Waals surface area contributed by atoms with Gasteiger partial charge in [-0.05, 0) is 29.7 Å². The Morgan fingerprint density at radius 1 is 0.842 bits per heavy atom. The summed E-state index contributed by atoms with van der Waals surface area (Å²) in [7, 11) is 0. The van der Waals surface area contributed by atoms with E-state index < -0.39 is 11.6 Å². The highest BCUT2D eigenvalue weighted by atomic mass is 19.1. The molecule has 2 rings (SSSR count). The Bertz CT molecular complexity index is 532. The molecule has 0 aliphatic rings. The van der Waals surface area contributed by atoms with Crippen molar-refractivity contribution in [2.75, 3.05) is 0 Å². The molecule has 1 nitrogen and oxygen atoms in total. The van der Waals surface area contributed by atoms with Gasteiger partial charge in [0, 0.05) is 18.7 Å². The fourth-order valence-corrected chi connectivity index (χ4v) is 2.10. The Kier molecular flexibility index (Phi) is 4.63. The Hall–Kier alpha value is -1.74. The van der Waals surface area contributed by atoms with Gasteiger partial charge in [0.1, 0.15) is 11.6 Å². The Balaban J connectivity index is 2.00. The fourth-order valence-electron chi connectivity index (χ4n) is 2.10. The largest absolute Gasteiger partial charge is 0.308 e. The lowest BCUT2D eigenvalue weighted by atomic mass is 10.1. The lowest BCUT2D eigenvalue weighted by Crippen LogP contribution is -2.16. The number of halogens is 2. The standard InChI is InChI=1S/C16H17F2N/c1-2-12-6-3-4-7-13(12)10-19-11-14-15(17)8-5-9-16(14)18/h3-9,19H,2,10-11H2,1H3. The van der Waals surface area contributed by atoms with Gasteiger partial charge in [-0.25, -0.2) is 8.78 Å². The van der Waals surface area contributed by atoms with E-state index in [2.05, 4.69) is 18.3 Å². The molecule has 3 heteroatoms. The van der Waals surface area contributed by atoms with Crippen molar-refractivity contribution in [1.29, 1.82) is 0 Å². The van der Waals surface area contributed by atoms with Crippen LogP contribution in [0.25, 0.3) is 0 Å². The van der Waals surface area contributed by atoms with Crippen molar-refractivity contribution in [3.8, 4) is 0 Å². The third kappa shape index (κ3) is 3.38. The van der Waals surface area contributed by atoms with Gasteiger partial charge in [-0.15, -0.1) is 0 Å². The van der Waals surface area contributed by atoms with Crippen molar-refractivity contribution >= 4 is 0 Å². The van der Waals surface area contributed by atoms with Gasteiger partial charge in [0.2, 0.25) is 0 Å². The first-order chi connectivity index (χ1) is 9.22. The first kappa shape index (κ1) is 13.7. The van der Waals surface area contributed by atoms with E-state index >= 15 is 0 Å². The SMILES string of the molecule is CCc1ccccc1CNCc1c(F)cccc1F. The molecule has 0 saturated carbocycles. The average Bonchev–Trinajstić information content (AvgIpc) is 2.42. The highest BCUT2D eigenvalue weighted by Crippen LogP contribution is 2.13. The summed E-state index contributed by atoms with van der Waals surface area (Å²) in [6, 6.07) is 12.0. The van der Waals surface area contributed by atoms with Gasteiger partial charge in [0.05, 0.1) is 0 Å². The van der Waals surface area contributed by atoms with E-state index in [-0.39, 0.29) is 12.1 Å². The zero-order chi connectivity index (χ0) is 13.7. The second kappa shape index (κ2) is 6.43. The van der Waals surface area contributed by atoms with Crippen LogP contribution in [-0.2, 0) is 19.5 Å². The first-order valence-corrected chi connectivity index (χ1v) is 6.42. The highest BCUT2D eigenvalue weighted by Gasteiger charge is 2.07. The molecule has 0 amide bonds. The molecular formula is C16H17F2N. The molecule has 0 aromatic heterocycles. The molecule has 0 radical (unpaired) electrons. The predicted octanol–water partition coefficient (Wildman–Crippen LogP) is 3.82. The maximum Gasteiger partial charge on any atom is 0.130 e. The van der Waals surface area contributed by atoms with Crippen LogP contribution in [0.3, 0.4) is 0 Å². The van der Waals surface area contributed by atoms with E-state index in [1.807, 2.05) is 18.2 Å². The summed E-state index contributed by atoms with van der Waals surface area (Å²) in [5, 5.41) is 3.09. The topological polar surface area (TPSA) is 12.0 Å². The number of hydrogen-bond acceptors (Lipinski definition) is 1. The Morgan fingerprint density at radius 2 is 1.47 bits per heavy atom. The highest BCUT2D eigenvalue weighted by molar-refractivity contribution is 5.27. The van der Waals surface area contributed by atoms with E-state index in [4.69, 9.17) is 0 Å². The zero-order valence-corrected chi connectivity index (χ0v) is 10.9. The lowest BCUT2D eigenvalue weighted by molar-refractivity contribution is 0.535. The maximum atomic E-state index is 13.4. The molecule has 0 aliphatic heterocycles. The Morgan fingerprint density at radius 3 is 2.11 bits per heavy atom. The molecule has 1 N–H and O–H groups in total. The number of nitrogens with one attached hydrogen (secondary N) is 1. The van der Waals surface area contributed by atoms with Crippen molar-refractivity contribution in [2.24, 2.45) is 0 Å². The summed E-state index contributed by atoms with van der Waals surface area (Å²) in [6.07, 6.45) is 0.950. The fraction of sp³-hybridized carbons (Fsp3) is 0.250. The molecule has 100 valence electrons. The number of benzene rings is 2. The second-order valence-electron chi connectivity index (χ2n) is 4.43. The quantitative estimate of drug-likeness (QED) is 0.862. The van der Waals surface area contributed by atoms with Crippen molar-refractivity contribution in [1.82, 2.24) is 5.32 Å². The summed E-state index contributed by atoms with van der Waals surface area (Å²) in [5.74, 6) is -1.01. The zero-order valence-electron chi connectivity index (χ0n) is 10.9. The molecule has 0 spiro atoms. The van der Waals surface area contributed by atoms with Crippen molar-refractivity contribution < 1.29 is 8.78 Å². The first-order valence-electron chi connectivity index (χ1n) is 6.42. The van der Waals surface area contributed by atoms with Crippen LogP contribution in [0.15, 0.2) is 42.5 Å². The summed E-state index contributed by atoms with van der Waals surface area (Å²) in [4.78, 5) is 0. The molecule has 0 atom stereocenters. The van der Waals surface area contributed by atoms with Crippen molar-refractivity contribution in [2.45, 2.75) is 26.4 Å². The molecule has 19 heavy (non-hydrogen) atoms. The minimum Gasteiger partial charge on any atom is -0.308 e. The molecule has 0 aliphatic carbocycles. The normalized spacial score (nSPS) is 10.7. The molecule has 0 unspecified atom stereocenters. The van der Waals surface area contributed by atoms with Crippen LogP contribution in [0, 0.1) is 11.6 Å². The molecule has 0 heterocycles. The van der Waals surface area contributed by atoms with Crippen molar-refractivity contribution in [3.63, 3.8) is 0 Å². The molecule has 0 fully saturated rings. The summed E-state index contributed by atoms with van der Waals surface area (Å²) < 4.78 is 26.9. The third-order valence-corrected chi connectivity index (χ3v) is 3.18. The van der Waals surface area contributed by atoms with Gasteiger partial charge in [0.25, 0.3) is 0 Å². The monoisotopic (exact) mass is 261 g/mol. The Labute approximate surface area is 112 Å². The second-order valence-corrected chi connectivity index (χ2v) is 4.43. The van der Waals surface area contributed by atoms with Crippen LogP contribution in [0.5, 0.6) is 0 Å². The third-order valence-electron chi connectivity index (χ3n) is 3.18. The van der Waals surface area contributed by atoms with Crippen LogP contribution in [0.2, 0.25) is 0 Å².